The van der Waals surface area contributed by atoms with Crippen molar-refractivity contribution in [3.8, 4) is 44.5 Å². The highest BCUT2D eigenvalue weighted by Gasteiger charge is 2.52. The normalized spacial score (nSPS) is 13.0. The molecule has 2 heteroatoms. The highest BCUT2D eigenvalue weighted by atomic mass is 15.1. The van der Waals surface area contributed by atoms with Crippen LogP contribution in [0.25, 0.3) is 44.5 Å². The summed E-state index contributed by atoms with van der Waals surface area (Å²) < 4.78 is 0. The van der Waals surface area contributed by atoms with Crippen LogP contribution >= 0.6 is 0 Å². The molecule has 2 nitrogen and oxygen atoms in total. The van der Waals surface area contributed by atoms with Gasteiger partial charge in [0.25, 0.3) is 0 Å². The third kappa shape index (κ3) is 8.28. The van der Waals surface area contributed by atoms with E-state index >= 15 is 0 Å². The molecular formula is C73H66N2. The summed E-state index contributed by atoms with van der Waals surface area (Å²) in [5, 5.41) is 0. The molecule has 0 aromatic heterocycles. The van der Waals surface area contributed by atoms with Gasteiger partial charge in [-0.15, -0.1) is 0 Å². The van der Waals surface area contributed by atoms with E-state index in [9.17, 15) is 0 Å². The summed E-state index contributed by atoms with van der Waals surface area (Å²) in [5.41, 5.74) is 29.3. The van der Waals surface area contributed by atoms with Crippen molar-refractivity contribution in [2.24, 2.45) is 0 Å². The van der Waals surface area contributed by atoms with Crippen molar-refractivity contribution in [1.82, 2.24) is 0 Å². The summed E-state index contributed by atoms with van der Waals surface area (Å²) in [4.78, 5) is 4.72. The molecule has 2 aliphatic carbocycles. The molecule has 0 bridgehead atoms. The van der Waals surface area contributed by atoms with Crippen LogP contribution in [0.2, 0.25) is 0 Å². The lowest BCUT2D eigenvalue weighted by atomic mass is 9.68. The van der Waals surface area contributed by atoms with E-state index in [1.807, 2.05) is 0 Å². The van der Waals surface area contributed by atoms with Crippen LogP contribution in [-0.4, -0.2) is 0 Å². The maximum atomic E-state index is 2.56. The van der Waals surface area contributed by atoms with Gasteiger partial charge in [0.05, 0.1) is 5.41 Å². The summed E-state index contributed by atoms with van der Waals surface area (Å²) in [6.45, 7) is 22.7. The van der Waals surface area contributed by atoms with Gasteiger partial charge in [0, 0.05) is 34.1 Å². The minimum Gasteiger partial charge on any atom is -0.311 e. The fourth-order valence-corrected chi connectivity index (χ4v) is 11.8. The van der Waals surface area contributed by atoms with Crippen LogP contribution in [0.4, 0.5) is 34.1 Å². The molecule has 0 aliphatic heterocycles. The summed E-state index contributed by atoms with van der Waals surface area (Å²) >= 11 is 0. The lowest BCUT2D eigenvalue weighted by molar-refractivity contribution is 0.586. The van der Waals surface area contributed by atoms with Crippen molar-refractivity contribution in [1.29, 1.82) is 0 Å². The van der Waals surface area contributed by atoms with E-state index in [-0.39, 0.29) is 10.8 Å². The Morgan fingerprint density at radius 3 is 0.747 bits per heavy atom. The van der Waals surface area contributed by atoms with Crippen molar-refractivity contribution in [2.75, 3.05) is 9.80 Å². The van der Waals surface area contributed by atoms with Crippen LogP contribution in [0, 0.1) is 27.7 Å². The predicted molar refractivity (Wildman–Crippen MR) is 319 cm³/mol. The van der Waals surface area contributed by atoms with Gasteiger partial charge in [0.2, 0.25) is 0 Å². The van der Waals surface area contributed by atoms with E-state index in [1.54, 1.807) is 0 Å². The zero-order valence-electron chi connectivity index (χ0n) is 45.2. The molecular weight excluding hydrogens is 905 g/mol. The van der Waals surface area contributed by atoms with Crippen LogP contribution in [0.15, 0.2) is 218 Å². The Hall–Kier alpha value is -8.20. The smallest absolute Gasteiger partial charge is 0.0726 e. The van der Waals surface area contributed by atoms with E-state index < -0.39 is 5.41 Å². The third-order valence-corrected chi connectivity index (χ3v) is 16.1. The average molecular weight is 971 g/mol. The Morgan fingerprint density at radius 2 is 0.480 bits per heavy atom. The number of fused-ring (bicyclic) bond motifs is 10. The Morgan fingerprint density at radius 1 is 0.253 bits per heavy atom. The number of benzene rings is 10. The minimum absolute atomic E-state index is 0.0465. The third-order valence-electron chi connectivity index (χ3n) is 16.1. The summed E-state index contributed by atoms with van der Waals surface area (Å²) in [5.74, 6) is 0. The first-order chi connectivity index (χ1) is 36.0. The molecule has 1 spiro atoms. The first kappa shape index (κ1) is 47.8. The lowest BCUT2D eigenvalue weighted by Crippen LogP contribution is -2.27. The number of aryl methyl sites for hydroxylation is 4. The maximum absolute atomic E-state index is 2.56. The standard InChI is InChI=1S/C73H66N2/c1-47-11-27-57(28-12-47)74(58-29-13-48(2)14-30-58)61-35-19-51(20-36-61)53-23-39-63-64-40-24-54(52-21-37-62(38-22-52)75(59-31-15-49(3)16-32-59)60-33-17-50(4)18-34-60)44-68(64)73(67(63)43-53)69-45-55(71(5,6)7)25-41-65(69)66-42-26-56(46-70(66)73)72(8,9)10/h11-46H,1-10H3. The van der Waals surface area contributed by atoms with Crippen LogP contribution in [0.5, 0.6) is 0 Å². The Balaban J connectivity index is 1.03. The second kappa shape index (κ2) is 18.0. The van der Waals surface area contributed by atoms with Crippen molar-refractivity contribution < 1.29 is 0 Å². The maximum Gasteiger partial charge on any atom is 0.0726 e. The number of rotatable bonds is 8. The largest absolute Gasteiger partial charge is 0.311 e. The van der Waals surface area contributed by atoms with E-state index in [0.29, 0.717) is 0 Å². The second-order valence-electron chi connectivity index (χ2n) is 23.4. The zero-order valence-corrected chi connectivity index (χ0v) is 45.2. The molecule has 368 valence electrons. The topological polar surface area (TPSA) is 6.48 Å². The highest BCUT2D eigenvalue weighted by Crippen LogP contribution is 2.64. The molecule has 0 saturated carbocycles. The highest BCUT2D eigenvalue weighted by molar-refractivity contribution is 5.97. The second-order valence-corrected chi connectivity index (χ2v) is 23.4. The molecule has 75 heavy (non-hydrogen) atoms. The lowest BCUT2D eigenvalue weighted by Gasteiger charge is -2.33. The molecule has 10 aromatic carbocycles. The fourth-order valence-electron chi connectivity index (χ4n) is 11.8. The van der Waals surface area contributed by atoms with Gasteiger partial charge in [0.1, 0.15) is 0 Å². The van der Waals surface area contributed by atoms with Gasteiger partial charge in [-0.2, -0.15) is 0 Å². The van der Waals surface area contributed by atoms with Gasteiger partial charge in [-0.3, -0.25) is 0 Å². The van der Waals surface area contributed by atoms with Crippen LogP contribution in [0.1, 0.15) is 97.2 Å². The summed E-state index contributed by atoms with van der Waals surface area (Å²) in [7, 11) is 0. The van der Waals surface area contributed by atoms with Crippen molar-refractivity contribution in [3.05, 3.63) is 274 Å². The Labute approximate surface area is 445 Å². The van der Waals surface area contributed by atoms with Gasteiger partial charge in [-0.1, -0.05) is 197 Å². The summed E-state index contributed by atoms with van der Waals surface area (Å²) in [6.07, 6.45) is 0. The molecule has 0 unspecified atom stereocenters. The van der Waals surface area contributed by atoms with Gasteiger partial charge in [0.15, 0.2) is 0 Å². The zero-order chi connectivity index (χ0) is 52.0. The van der Waals surface area contributed by atoms with Gasteiger partial charge in [-0.05, 0) is 201 Å². The Bertz CT molecular complexity index is 3420. The van der Waals surface area contributed by atoms with E-state index in [0.717, 1.165) is 34.1 Å². The van der Waals surface area contributed by atoms with E-state index in [2.05, 4.69) is 297 Å². The first-order valence-corrected chi connectivity index (χ1v) is 26.7. The molecule has 0 heterocycles. The van der Waals surface area contributed by atoms with Crippen molar-refractivity contribution >= 4 is 34.1 Å². The number of hydrogen-bond donors (Lipinski definition) is 0. The van der Waals surface area contributed by atoms with Gasteiger partial charge < -0.3 is 9.80 Å². The Kier molecular flexibility index (Phi) is 11.5. The van der Waals surface area contributed by atoms with Crippen LogP contribution < -0.4 is 9.80 Å². The average Bonchev–Trinajstić information content (AvgIpc) is 3.96. The molecule has 0 saturated heterocycles. The molecule has 0 fully saturated rings. The van der Waals surface area contributed by atoms with Crippen molar-refractivity contribution in [3.63, 3.8) is 0 Å². The SMILES string of the molecule is Cc1ccc(N(c2ccc(C)cc2)c2ccc(-c3ccc4c(c3)C3(c5cc(-c6ccc(N(c7ccc(C)cc7)c7ccc(C)cc7)cc6)ccc5-4)c4cc(C(C)(C)C)ccc4-c4ccc(C(C)(C)C)cc43)cc2)cc1. The molecule has 0 atom stereocenters. The molecule has 0 radical (unpaired) electrons. The predicted octanol–water partition coefficient (Wildman–Crippen LogP) is 20.1. The number of hydrogen-bond acceptors (Lipinski definition) is 2. The van der Waals surface area contributed by atoms with E-state index in [4.69, 9.17) is 0 Å². The molecule has 0 N–H and O–H groups in total. The van der Waals surface area contributed by atoms with Crippen molar-refractivity contribution in [2.45, 2.75) is 85.5 Å². The number of anilines is 6. The molecule has 0 amide bonds. The molecule has 2 aliphatic rings. The van der Waals surface area contributed by atoms with E-state index in [1.165, 1.54) is 100 Å². The fraction of sp³-hybridized carbons (Fsp3) is 0.178. The van der Waals surface area contributed by atoms with Crippen LogP contribution in [0.3, 0.4) is 0 Å². The van der Waals surface area contributed by atoms with Gasteiger partial charge >= 0.3 is 0 Å². The van der Waals surface area contributed by atoms with Gasteiger partial charge in [-0.25, -0.2) is 0 Å². The first-order valence-electron chi connectivity index (χ1n) is 26.7. The molecule has 10 aromatic rings. The minimum atomic E-state index is -0.564. The molecule has 12 rings (SSSR count). The monoisotopic (exact) mass is 971 g/mol. The van der Waals surface area contributed by atoms with Crippen LogP contribution in [-0.2, 0) is 16.2 Å². The quantitative estimate of drug-likeness (QED) is 0.150. The number of nitrogens with zero attached hydrogens (tertiary/aromatic N) is 2. The summed E-state index contributed by atoms with van der Waals surface area (Å²) in [6, 6.07) is 83.1.